The lowest BCUT2D eigenvalue weighted by molar-refractivity contribution is 0.669. The third-order valence-corrected chi connectivity index (χ3v) is 4.20. The first-order valence-corrected chi connectivity index (χ1v) is 8.23. The predicted octanol–water partition coefficient (Wildman–Crippen LogP) is 2.77. The zero-order chi connectivity index (χ0) is 15.2. The van der Waals surface area contributed by atoms with Crippen molar-refractivity contribution in [3.05, 3.63) is 44.7 Å². The number of nitrogens with one attached hydrogen (secondary N) is 2. The van der Waals surface area contributed by atoms with Crippen molar-refractivity contribution in [2.45, 2.75) is 29.9 Å². The maximum absolute atomic E-state index is 11.5. The summed E-state index contributed by atoms with van der Waals surface area (Å²) >= 11 is 4.87. The molecule has 0 atom stereocenters. The van der Waals surface area contributed by atoms with Gasteiger partial charge in [0, 0.05) is 22.0 Å². The van der Waals surface area contributed by atoms with E-state index in [1.165, 1.54) is 17.8 Å². The van der Waals surface area contributed by atoms with Crippen LogP contribution in [0.4, 0.5) is 5.82 Å². The molecule has 7 heteroatoms. The van der Waals surface area contributed by atoms with Gasteiger partial charge in [-0.05, 0) is 30.7 Å². The standard InChI is InChI=1S/C14H17BrN4OS/c1-2-5-17-8-9-3-4-10(15)6-11(9)21-14-18-12(16)7-13(20)19-14/h3-4,6-7,17H,2,5,8H2,1H3,(H3,16,18,19,20). The van der Waals surface area contributed by atoms with Gasteiger partial charge in [0.05, 0.1) is 0 Å². The van der Waals surface area contributed by atoms with E-state index in [1.807, 2.05) is 12.1 Å². The smallest absolute Gasteiger partial charge is 0.253 e. The van der Waals surface area contributed by atoms with Crippen LogP contribution < -0.4 is 16.6 Å². The van der Waals surface area contributed by atoms with Crippen molar-refractivity contribution in [1.29, 1.82) is 0 Å². The first-order valence-electron chi connectivity index (χ1n) is 6.62. The summed E-state index contributed by atoms with van der Waals surface area (Å²) in [5, 5.41) is 3.87. The number of hydrogen-bond acceptors (Lipinski definition) is 5. The lowest BCUT2D eigenvalue weighted by Gasteiger charge is -2.10. The topological polar surface area (TPSA) is 83.8 Å². The van der Waals surface area contributed by atoms with Crippen molar-refractivity contribution in [2.24, 2.45) is 0 Å². The third-order valence-electron chi connectivity index (χ3n) is 2.72. The fourth-order valence-electron chi connectivity index (χ4n) is 1.78. The summed E-state index contributed by atoms with van der Waals surface area (Å²) < 4.78 is 0.982. The first kappa shape index (κ1) is 16.1. The van der Waals surface area contributed by atoms with Crippen molar-refractivity contribution in [2.75, 3.05) is 12.3 Å². The van der Waals surface area contributed by atoms with Gasteiger partial charge in [-0.3, -0.25) is 4.79 Å². The van der Waals surface area contributed by atoms with Gasteiger partial charge >= 0.3 is 0 Å². The Morgan fingerprint density at radius 2 is 2.24 bits per heavy atom. The van der Waals surface area contributed by atoms with Crippen LogP contribution >= 0.6 is 27.7 Å². The van der Waals surface area contributed by atoms with Crippen LogP contribution in [-0.2, 0) is 6.54 Å². The molecule has 0 unspecified atom stereocenters. The van der Waals surface area contributed by atoms with Crippen molar-refractivity contribution in [3.63, 3.8) is 0 Å². The first-order chi connectivity index (χ1) is 10.1. The molecule has 5 nitrogen and oxygen atoms in total. The van der Waals surface area contributed by atoms with E-state index in [0.29, 0.717) is 5.16 Å². The molecule has 21 heavy (non-hydrogen) atoms. The molecule has 2 aromatic rings. The van der Waals surface area contributed by atoms with Crippen LogP contribution in [0.1, 0.15) is 18.9 Å². The van der Waals surface area contributed by atoms with Gasteiger partial charge in [0.1, 0.15) is 5.82 Å². The zero-order valence-electron chi connectivity index (χ0n) is 11.6. The molecule has 0 bridgehead atoms. The number of nitrogens with two attached hydrogens (primary N) is 1. The molecular weight excluding hydrogens is 352 g/mol. The fraction of sp³-hybridized carbons (Fsp3) is 0.286. The second-order valence-corrected chi connectivity index (χ2v) is 6.45. The lowest BCUT2D eigenvalue weighted by Crippen LogP contribution is -2.14. The van der Waals surface area contributed by atoms with E-state index in [4.69, 9.17) is 5.73 Å². The average Bonchev–Trinajstić information content (AvgIpc) is 2.40. The van der Waals surface area contributed by atoms with Crippen LogP contribution in [0.5, 0.6) is 0 Å². The van der Waals surface area contributed by atoms with Crippen LogP contribution in [0.3, 0.4) is 0 Å². The third kappa shape index (κ3) is 4.87. The quantitative estimate of drug-likeness (QED) is 0.539. The summed E-state index contributed by atoms with van der Waals surface area (Å²) in [5.74, 6) is 0.224. The molecule has 112 valence electrons. The molecule has 4 N–H and O–H groups in total. The maximum atomic E-state index is 11.5. The highest BCUT2D eigenvalue weighted by Gasteiger charge is 2.08. The van der Waals surface area contributed by atoms with E-state index >= 15 is 0 Å². The number of hydrogen-bond donors (Lipinski definition) is 3. The van der Waals surface area contributed by atoms with E-state index in [9.17, 15) is 4.79 Å². The molecule has 2 rings (SSSR count). The van der Waals surface area contributed by atoms with E-state index in [-0.39, 0.29) is 11.4 Å². The molecule has 0 aliphatic heterocycles. The Labute approximate surface area is 135 Å². The highest BCUT2D eigenvalue weighted by Crippen LogP contribution is 2.30. The minimum atomic E-state index is -0.245. The summed E-state index contributed by atoms with van der Waals surface area (Å²) in [4.78, 5) is 19.3. The number of aromatic amines is 1. The number of H-pyrrole nitrogens is 1. The number of nitrogen functional groups attached to an aromatic ring is 1. The Balaban J connectivity index is 2.24. The Bertz CT molecular complexity index is 674. The molecular formula is C14H17BrN4OS. The molecule has 1 heterocycles. The van der Waals surface area contributed by atoms with Gasteiger partial charge in [0.15, 0.2) is 5.16 Å². The van der Waals surface area contributed by atoms with Gasteiger partial charge in [-0.2, -0.15) is 0 Å². The Morgan fingerprint density at radius 1 is 1.43 bits per heavy atom. The van der Waals surface area contributed by atoms with Crippen molar-refractivity contribution >= 4 is 33.5 Å². The number of nitrogens with zero attached hydrogens (tertiary/aromatic N) is 1. The van der Waals surface area contributed by atoms with Crippen molar-refractivity contribution in [3.8, 4) is 0 Å². The summed E-state index contributed by atoms with van der Waals surface area (Å²) in [6.45, 7) is 3.87. The lowest BCUT2D eigenvalue weighted by atomic mass is 10.2. The molecule has 0 fully saturated rings. The van der Waals surface area contributed by atoms with E-state index < -0.39 is 0 Å². The van der Waals surface area contributed by atoms with Gasteiger partial charge in [-0.25, -0.2) is 4.98 Å². The second-order valence-electron chi connectivity index (χ2n) is 4.51. The van der Waals surface area contributed by atoms with Gasteiger partial charge in [-0.1, -0.05) is 40.7 Å². The molecule has 0 aliphatic carbocycles. The van der Waals surface area contributed by atoms with Gasteiger partial charge in [0.25, 0.3) is 5.56 Å². The second kappa shape index (κ2) is 7.63. The number of halogens is 1. The van der Waals surface area contributed by atoms with Gasteiger partial charge in [0.2, 0.25) is 0 Å². The van der Waals surface area contributed by atoms with Crippen LogP contribution in [0.2, 0.25) is 0 Å². The van der Waals surface area contributed by atoms with Crippen LogP contribution in [0, 0.1) is 0 Å². The highest BCUT2D eigenvalue weighted by atomic mass is 79.9. The molecule has 0 saturated heterocycles. The number of aromatic nitrogens is 2. The maximum Gasteiger partial charge on any atom is 0.253 e. The summed E-state index contributed by atoms with van der Waals surface area (Å²) in [6.07, 6.45) is 1.09. The molecule has 0 spiro atoms. The van der Waals surface area contributed by atoms with Gasteiger partial charge in [-0.15, -0.1) is 0 Å². The minimum absolute atomic E-state index is 0.224. The van der Waals surface area contributed by atoms with Gasteiger partial charge < -0.3 is 16.0 Å². The number of benzene rings is 1. The van der Waals surface area contributed by atoms with E-state index in [0.717, 1.165) is 34.4 Å². The molecule has 0 saturated carbocycles. The SMILES string of the molecule is CCCNCc1ccc(Br)cc1Sc1nc(N)cc(=O)[nH]1. The summed E-state index contributed by atoms with van der Waals surface area (Å²) in [7, 11) is 0. The normalized spacial score (nSPS) is 10.8. The largest absolute Gasteiger partial charge is 0.383 e. The Hall–Kier alpha value is -1.31. The molecule has 1 aromatic carbocycles. The minimum Gasteiger partial charge on any atom is -0.383 e. The zero-order valence-corrected chi connectivity index (χ0v) is 14.1. The highest BCUT2D eigenvalue weighted by molar-refractivity contribution is 9.10. The van der Waals surface area contributed by atoms with Crippen LogP contribution in [0.15, 0.2) is 43.6 Å². The van der Waals surface area contributed by atoms with Crippen molar-refractivity contribution in [1.82, 2.24) is 15.3 Å². The number of rotatable bonds is 6. The average molecular weight is 369 g/mol. The van der Waals surface area contributed by atoms with Crippen LogP contribution in [-0.4, -0.2) is 16.5 Å². The summed E-state index contributed by atoms with van der Waals surface area (Å²) in [5.41, 5.74) is 6.52. The van der Waals surface area contributed by atoms with Crippen molar-refractivity contribution < 1.29 is 0 Å². The predicted molar refractivity (Wildman–Crippen MR) is 89.5 cm³/mol. The monoisotopic (exact) mass is 368 g/mol. The summed E-state index contributed by atoms with van der Waals surface area (Å²) in [6, 6.07) is 7.34. The van der Waals surface area contributed by atoms with E-state index in [1.54, 1.807) is 0 Å². The fourth-order valence-corrected chi connectivity index (χ4v) is 3.26. The molecule has 0 amide bonds. The Morgan fingerprint density at radius 3 is 2.95 bits per heavy atom. The molecule has 1 aromatic heterocycles. The molecule has 0 radical (unpaired) electrons. The Kier molecular flexibility index (Phi) is 5.84. The van der Waals surface area contributed by atoms with Crippen LogP contribution in [0.25, 0.3) is 0 Å². The molecule has 0 aliphatic rings. The van der Waals surface area contributed by atoms with E-state index in [2.05, 4.69) is 44.2 Å². The number of anilines is 1.